The number of rotatable bonds is 3. The number of aryl methyl sites for hydroxylation is 1. The summed E-state index contributed by atoms with van der Waals surface area (Å²) in [5, 5.41) is 4.70. The lowest BCUT2D eigenvalue weighted by molar-refractivity contribution is -0.175. The van der Waals surface area contributed by atoms with E-state index in [-0.39, 0.29) is 12.8 Å². The molecule has 8 heteroatoms. The smallest absolute Gasteiger partial charge is 0.345 e. The quantitative estimate of drug-likeness (QED) is 0.813. The number of carbonyl (C=O) groups is 2. The number of alkyl halides is 3. The van der Waals surface area contributed by atoms with Gasteiger partial charge in [0, 0.05) is 4.47 Å². The predicted octanol–water partition coefficient (Wildman–Crippen LogP) is 2.94. The molecule has 0 radical (unpaired) electrons. The molecule has 1 unspecified atom stereocenters. The standard InChI is InChI=1S/C16H16BrF3N2O2/c1-14(5-4-9-8-10(17)2-3-11(9)14)21-12(23)15(6-7-15)22-13(24)16(18,19)20/h2-3,8H,4-7H2,1H3,(H,21,23)(H,22,24). The molecule has 2 aliphatic rings. The number of fused-ring (bicyclic) bond motifs is 1. The molecule has 3 rings (SSSR count). The number of nitrogens with one attached hydrogen (secondary N) is 2. The highest BCUT2D eigenvalue weighted by Crippen LogP contribution is 2.41. The third-order valence-electron chi connectivity index (χ3n) is 4.74. The second kappa shape index (κ2) is 5.47. The maximum Gasteiger partial charge on any atom is 0.471 e. The molecule has 4 nitrogen and oxygen atoms in total. The maximum absolute atomic E-state index is 12.5. The summed E-state index contributed by atoms with van der Waals surface area (Å²) in [4.78, 5) is 23.7. The fraction of sp³-hybridized carbons (Fsp3) is 0.500. The summed E-state index contributed by atoms with van der Waals surface area (Å²) in [6.45, 7) is 1.85. The molecule has 2 N–H and O–H groups in total. The highest BCUT2D eigenvalue weighted by molar-refractivity contribution is 9.10. The number of hydrogen-bond donors (Lipinski definition) is 2. The van der Waals surface area contributed by atoms with Crippen LogP contribution in [-0.2, 0) is 21.5 Å². The molecule has 2 amide bonds. The molecule has 0 aromatic heterocycles. The molecule has 130 valence electrons. The number of amides is 2. The fourth-order valence-electron chi connectivity index (χ4n) is 3.15. The van der Waals surface area contributed by atoms with Crippen molar-refractivity contribution in [3.8, 4) is 0 Å². The van der Waals surface area contributed by atoms with E-state index in [2.05, 4.69) is 21.2 Å². The summed E-state index contributed by atoms with van der Waals surface area (Å²) in [5.74, 6) is -2.63. The molecule has 1 aromatic carbocycles. The molecule has 1 fully saturated rings. The van der Waals surface area contributed by atoms with Crippen molar-refractivity contribution in [1.82, 2.24) is 10.6 Å². The van der Waals surface area contributed by atoms with Gasteiger partial charge in [0.2, 0.25) is 5.91 Å². The summed E-state index contributed by atoms with van der Waals surface area (Å²) in [5.41, 5.74) is -0.0345. The minimum absolute atomic E-state index is 0.212. The first-order chi connectivity index (χ1) is 11.1. The summed E-state index contributed by atoms with van der Waals surface area (Å²) in [7, 11) is 0. The van der Waals surface area contributed by atoms with Gasteiger partial charge in [-0.05, 0) is 55.9 Å². The van der Waals surface area contributed by atoms with Gasteiger partial charge in [-0.15, -0.1) is 0 Å². The first kappa shape index (κ1) is 17.3. The van der Waals surface area contributed by atoms with Crippen molar-refractivity contribution in [2.24, 2.45) is 0 Å². The highest BCUT2D eigenvalue weighted by atomic mass is 79.9. The van der Waals surface area contributed by atoms with Crippen molar-refractivity contribution in [3.05, 3.63) is 33.8 Å². The fourth-order valence-corrected chi connectivity index (χ4v) is 3.56. The second-order valence-electron chi connectivity index (χ2n) is 6.62. The van der Waals surface area contributed by atoms with Crippen LogP contribution in [-0.4, -0.2) is 23.5 Å². The lowest BCUT2D eigenvalue weighted by Gasteiger charge is -2.30. The summed E-state index contributed by atoms with van der Waals surface area (Å²) < 4.78 is 38.3. The molecular formula is C16H16BrF3N2O2. The molecular weight excluding hydrogens is 389 g/mol. The van der Waals surface area contributed by atoms with Crippen LogP contribution in [0.3, 0.4) is 0 Å². The molecule has 1 saturated carbocycles. The van der Waals surface area contributed by atoms with Crippen LogP contribution in [0.1, 0.15) is 37.3 Å². The average Bonchev–Trinajstić information content (AvgIpc) is 3.18. The van der Waals surface area contributed by atoms with Gasteiger partial charge in [-0.3, -0.25) is 9.59 Å². The average molecular weight is 405 g/mol. The van der Waals surface area contributed by atoms with E-state index in [1.54, 1.807) is 0 Å². The topological polar surface area (TPSA) is 58.2 Å². The van der Waals surface area contributed by atoms with Gasteiger partial charge in [-0.25, -0.2) is 0 Å². The lowest BCUT2D eigenvalue weighted by Crippen LogP contribution is -2.56. The maximum atomic E-state index is 12.5. The largest absolute Gasteiger partial charge is 0.471 e. The highest BCUT2D eigenvalue weighted by Gasteiger charge is 2.56. The SMILES string of the molecule is CC1(NC(=O)C2(NC(=O)C(F)(F)F)CC2)CCc2cc(Br)ccc21. The summed E-state index contributed by atoms with van der Waals surface area (Å²) in [6, 6.07) is 5.75. The third kappa shape index (κ3) is 3.03. The molecule has 0 saturated heterocycles. The van der Waals surface area contributed by atoms with Crippen molar-refractivity contribution < 1.29 is 22.8 Å². The van der Waals surface area contributed by atoms with E-state index in [4.69, 9.17) is 0 Å². The van der Waals surface area contributed by atoms with Gasteiger partial charge in [0.15, 0.2) is 0 Å². The van der Waals surface area contributed by atoms with Crippen LogP contribution in [0.4, 0.5) is 13.2 Å². The zero-order chi connectivity index (χ0) is 17.8. The molecule has 2 aliphatic carbocycles. The van der Waals surface area contributed by atoms with Crippen molar-refractivity contribution >= 4 is 27.7 Å². The number of carbonyl (C=O) groups excluding carboxylic acids is 2. The second-order valence-corrected chi connectivity index (χ2v) is 7.54. The minimum atomic E-state index is -4.99. The van der Waals surface area contributed by atoms with Crippen LogP contribution in [0.15, 0.2) is 22.7 Å². The lowest BCUT2D eigenvalue weighted by atomic mass is 9.93. The zero-order valence-electron chi connectivity index (χ0n) is 12.9. The van der Waals surface area contributed by atoms with Gasteiger partial charge in [-0.2, -0.15) is 13.2 Å². The van der Waals surface area contributed by atoms with Gasteiger partial charge in [0.25, 0.3) is 0 Å². The number of benzene rings is 1. The van der Waals surface area contributed by atoms with Crippen LogP contribution in [0.2, 0.25) is 0 Å². The zero-order valence-corrected chi connectivity index (χ0v) is 14.5. The Morgan fingerprint density at radius 2 is 1.83 bits per heavy atom. The molecule has 1 atom stereocenters. The molecule has 24 heavy (non-hydrogen) atoms. The minimum Gasteiger partial charge on any atom is -0.345 e. The number of halogens is 4. The Balaban J connectivity index is 1.75. The first-order valence-electron chi connectivity index (χ1n) is 7.57. The van der Waals surface area contributed by atoms with E-state index in [1.807, 2.05) is 30.4 Å². The number of hydrogen-bond acceptors (Lipinski definition) is 2. The van der Waals surface area contributed by atoms with Gasteiger partial charge < -0.3 is 10.6 Å². The van der Waals surface area contributed by atoms with Gasteiger partial charge in [-0.1, -0.05) is 22.0 Å². The summed E-state index contributed by atoms with van der Waals surface area (Å²) >= 11 is 3.40. The Bertz CT molecular complexity index is 716. The molecule has 0 bridgehead atoms. The Hall–Kier alpha value is -1.57. The molecule has 1 aromatic rings. The van der Waals surface area contributed by atoms with Crippen molar-refractivity contribution in [2.75, 3.05) is 0 Å². The van der Waals surface area contributed by atoms with E-state index in [0.29, 0.717) is 6.42 Å². The monoisotopic (exact) mass is 404 g/mol. The van der Waals surface area contributed by atoms with Crippen LogP contribution in [0.5, 0.6) is 0 Å². The Kier molecular flexibility index (Phi) is 3.94. The van der Waals surface area contributed by atoms with E-state index >= 15 is 0 Å². The summed E-state index contributed by atoms with van der Waals surface area (Å²) in [6.07, 6.45) is -3.14. The van der Waals surface area contributed by atoms with Crippen LogP contribution in [0.25, 0.3) is 0 Å². The van der Waals surface area contributed by atoms with E-state index in [9.17, 15) is 22.8 Å². The van der Waals surface area contributed by atoms with Gasteiger partial charge in [0.05, 0.1) is 5.54 Å². The molecule has 0 aliphatic heterocycles. The van der Waals surface area contributed by atoms with Crippen molar-refractivity contribution in [2.45, 2.75) is 49.9 Å². The van der Waals surface area contributed by atoms with E-state index < -0.39 is 29.1 Å². The molecule has 0 spiro atoms. The van der Waals surface area contributed by atoms with Crippen LogP contribution >= 0.6 is 15.9 Å². The van der Waals surface area contributed by atoms with Crippen molar-refractivity contribution in [1.29, 1.82) is 0 Å². The van der Waals surface area contributed by atoms with E-state index in [0.717, 1.165) is 22.0 Å². The first-order valence-corrected chi connectivity index (χ1v) is 8.36. The predicted molar refractivity (Wildman–Crippen MR) is 84.1 cm³/mol. The Labute approximate surface area is 145 Å². The Morgan fingerprint density at radius 1 is 1.17 bits per heavy atom. The van der Waals surface area contributed by atoms with Crippen LogP contribution < -0.4 is 10.6 Å². The molecule has 0 heterocycles. The van der Waals surface area contributed by atoms with Gasteiger partial charge >= 0.3 is 12.1 Å². The Morgan fingerprint density at radius 3 is 2.42 bits per heavy atom. The third-order valence-corrected chi connectivity index (χ3v) is 5.23. The van der Waals surface area contributed by atoms with Crippen molar-refractivity contribution in [3.63, 3.8) is 0 Å². The van der Waals surface area contributed by atoms with Crippen LogP contribution in [0, 0.1) is 0 Å². The van der Waals surface area contributed by atoms with Gasteiger partial charge in [0.1, 0.15) is 5.54 Å². The normalized spacial score (nSPS) is 24.2. The van der Waals surface area contributed by atoms with E-state index in [1.165, 1.54) is 0 Å².